The van der Waals surface area contributed by atoms with Gasteiger partial charge in [0.25, 0.3) is 0 Å². The fraction of sp³-hybridized carbons (Fsp3) is 0.381. The van der Waals surface area contributed by atoms with Crippen molar-refractivity contribution in [1.29, 1.82) is 0 Å². The summed E-state index contributed by atoms with van der Waals surface area (Å²) < 4.78 is 44.8. The molecule has 3 rings (SSSR count). The number of carbonyl (C=O) groups excluding carboxylic acids is 1. The predicted octanol–water partition coefficient (Wildman–Crippen LogP) is 2.46. The third-order valence-corrected chi connectivity index (χ3v) is 6.40. The van der Waals surface area contributed by atoms with Crippen LogP contribution in [0.4, 0.5) is 10.1 Å². The molecule has 0 atom stereocenters. The summed E-state index contributed by atoms with van der Waals surface area (Å²) in [5, 5.41) is 2.86. The van der Waals surface area contributed by atoms with E-state index < -0.39 is 28.3 Å². The summed E-state index contributed by atoms with van der Waals surface area (Å²) >= 11 is 0. The molecule has 0 bridgehead atoms. The number of hydrogen-bond donors (Lipinski definition) is 1. The van der Waals surface area contributed by atoms with Gasteiger partial charge in [0.05, 0.1) is 11.9 Å². The Labute approximate surface area is 170 Å². The second kappa shape index (κ2) is 8.92. The minimum absolute atomic E-state index is 0.144. The van der Waals surface area contributed by atoms with Gasteiger partial charge in [0.15, 0.2) is 0 Å². The van der Waals surface area contributed by atoms with Gasteiger partial charge in [-0.2, -0.15) is 0 Å². The van der Waals surface area contributed by atoms with Crippen LogP contribution >= 0.6 is 0 Å². The molecule has 0 unspecified atom stereocenters. The fourth-order valence-corrected chi connectivity index (χ4v) is 4.47. The number of benzene rings is 2. The first-order chi connectivity index (χ1) is 13.8. The minimum Gasteiger partial charge on any atom is -0.381 e. The van der Waals surface area contributed by atoms with Crippen LogP contribution in [0.25, 0.3) is 0 Å². The zero-order valence-corrected chi connectivity index (χ0v) is 17.1. The van der Waals surface area contributed by atoms with Crippen LogP contribution in [0.1, 0.15) is 18.4 Å². The van der Waals surface area contributed by atoms with Crippen molar-refractivity contribution in [2.24, 2.45) is 0 Å². The summed E-state index contributed by atoms with van der Waals surface area (Å²) in [7, 11) is -3.83. The Morgan fingerprint density at radius 1 is 1.10 bits per heavy atom. The highest BCUT2D eigenvalue weighted by atomic mass is 32.2. The largest absolute Gasteiger partial charge is 0.381 e. The van der Waals surface area contributed by atoms with Gasteiger partial charge in [0.2, 0.25) is 15.9 Å². The van der Waals surface area contributed by atoms with Crippen LogP contribution in [0.5, 0.6) is 0 Å². The first-order valence-electron chi connectivity index (χ1n) is 9.44. The van der Waals surface area contributed by atoms with E-state index in [9.17, 15) is 17.6 Å². The van der Waals surface area contributed by atoms with E-state index >= 15 is 0 Å². The molecule has 29 heavy (non-hydrogen) atoms. The maximum absolute atomic E-state index is 14.1. The highest BCUT2D eigenvalue weighted by molar-refractivity contribution is 7.92. The molecule has 1 aliphatic heterocycles. The van der Waals surface area contributed by atoms with Crippen molar-refractivity contribution in [3.8, 4) is 0 Å². The molecule has 156 valence electrons. The van der Waals surface area contributed by atoms with Gasteiger partial charge in [-0.25, -0.2) is 12.8 Å². The molecular formula is C21H25FN2O4S. The monoisotopic (exact) mass is 420 g/mol. The Bertz CT molecular complexity index is 944. The van der Waals surface area contributed by atoms with E-state index in [1.165, 1.54) is 18.2 Å². The third kappa shape index (κ3) is 5.13. The lowest BCUT2D eigenvalue weighted by Gasteiger charge is -2.38. The second-order valence-corrected chi connectivity index (χ2v) is 9.16. The molecular weight excluding hydrogens is 395 g/mol. The summed E-state index contributed by atoms with van der Waals surface area (Å²) in [5.74, 6) is -1.18. The molecule has 2 aromatic rings. The zero-order chi connectivity index (χ0) is 20.9. The van der Waals surface area contributed by atoms with Gasteiger partial charge in [-0.3, -0.25) is 9.10 Å². The zero-order valence-electron chi connectivity index (χ0n) is 16.3. The van der Waals surface area contributed by atoms with Crippen molar-refractivity contribution in [1.82, 2.24) is 5.32 Å². The van der Waals surface area contributed by atoms with Crippen molar-refractivity contribution >= 4 is 21.6 Å². The number of hydrogen-bond acceptors (Lipinski definition) is 4. The van der Waals surface area contributed by atoms with Gasteiger partial charge < -0.3 is 10.1 Å². The Hall–Kier alpha value is -2.45. The van der Waals surface area contributed by atoms with Crippen LogP contribution < -0.4 is 9.62 Å². The van der Waals surface area contributed by atoms with E-state index in [4.69, 9.17) is 4.74 Å². The topological polar surface area (TPSA) is 75.7 Å². The van der Waals surface area contributed by atoms with Gasteiger partial charge in [0, 0.05) is 25.2 Å². The third-order valence-electron chi connectivity index (χ3n) is 5.27. The van der Waals surface area contributed by atoms with Crippen LogP contribution in [0.3, 0.4) is 0 Å². The number of halogens is 1. The van der Waals surface area contributed by atoms with Gasteiger partial charge in [-0.15, -0.1) is 0 Å². The average molecular weight is 421 g/mol. The summed E-state index contributed by atoms with van der Waals surface area (Å²) in [6, 6.07) is 15.4. The number of anilines is 1. The molecule has 1 N–H and O–H groups in total. The predicted molar refractivity (Wildman–Crippen MR) is 110 cm³/mol. The van der Waals surface area contributed by atoms with Crippen molar-refractivity contribution in [2.45, 2.75) is 18.3 Å². The Morgan fingerprint density at radius 2 is 1.72 bits per heavy atom. The lowest BCUT2D eigenvalue weighted by molar-refractivity contribution is -0.120. The normalized spacial score (nSPS) is 16.2. The summed E-state index contributed by atoms with van der Waals surface area (Å²) in [6.07, 6.45) is 2.46. The summed E-state index contributed by atoms with van der Waals surface area (Å²) in [5.41, 5.74) is 0.690. The van der Waals surface area contributed by atoms with Crippen LogP contribution in [0.15, 0.2) is 54.6 Å². The quantitative estimate of drug-likeness (QED) is 0.747. The summed E-state index contributed by atoms with van der Waals surface area (Å²) in [4.78, 5) is 12.6. The first kappa shape index (κ1) is 21.3. The Balaban J connectivity index is 1.75. The molecule has 0 aromatic heterocycles. The van der Waals surface area contributed by atoms with E-state index in [-0.39, 0.29) is 11.1 Å². The Morgan fingerprint density at radius 3 is 2.34 bits per heavy atom. The van der Waals surface area contributed by atoms with E-state index in [0.29, 0.717) is 19.8 Å². The molecule has 1 aliphatic rings. The molecule has 0 aliphatic carbocycles. The average Bonchev–Trinajstić information content (AvgIpc) is 2.72. The number of sulfonamides is 1. The van der Waals surface area contributed by atoms with Gasteiger partial charge in [-0.05, 0) is 30.5 Å². The molecule has 1 heterocycles. The van der Waals surface area contributed by atoms with Crippen LogP contribution in [0, 0.1) is 5.82 Å². The second-order valence-electron chi connectivity index (χ2n) is 7.26. The molecule has 0 radical (unpaired) electrons. The molecule has 0 spiro atoms. The minimum atomic E-state index is -3.83. The van der Waals surface area contributed by atoms with Crippen LogP contribution in [0.2, 0.25) is 0 Å². The maximum atomic E-state index is 14.1. The molecule has 1 amide bonds. The van der Waals surface area contributed by atoms with Crippen molar-refractivity contribution in [3.63, 3.8) is 0 Å². The lowest BCUT2D eigenvalue weighted by Crippen LogP contribution is -2.48. The molecule has 6 nitrogen and oxygen atoms in total. The van der Waals surface area contributed by atoms with Crippen molar-refractivity contribution in [3.05, 3.63) is 66.0 Å². The lowest BCUT2D eigenvalue weighted by atomic mass is 9.74. The number of ether oxygens (including phenoxy) is 1. The highest BCUT2D eigenvalue weighted by Crippen LogP contribution is 2.34. The SMILES string of the molecule is CS(=O)(=O)N(CC(=O)NCC1(c2ccccc2)CCOCC1)c1ccccc1F. The maximum Gasteiger partial charge on any atom is 0.240 e. The van der Waals surface area contributed by atoms with Crippen LogP contribution in [-0.4, -0.2) is 46.9 Å². The number of nitrogens with zero attached hydrogens (tertiary/aromatic N) is 1. The Kier molecular flexibility index (Phi) is 6.54. The van der Waals surface area contributed by atoms with Gasteiger partial charge in [0.1, 0.15) is 12.4 Å². The fourth-order valence-electron chi connectivity index (χ4n) is 3.61. The van der Waals surface area contributed by atoms with E-state index in [1.54, 1.807) is 0 Å². The molecule has 2 aromatic carbocycles. The molecule has 0 saturated carbocycles. The van der Waals surface area contributed by atoms with Crippen molar-refractivity contribution in [2.75, 3.05) is 36.9 Å². The number of amides is 1. The number of rotatable bonds is 7. The van der Waals surface area contributed by atoms with Crippen LogP contribution in [-0.2, 0) is 25.0 Å². The molecule has 1 saturated heterocycles. The van der Waals surface area contributed by atoms with Crippen molar-refractivity contribution < 1.29 is 22.3 Å². The first-order valence-corrected chi connectivity index (χ1v) is 11.3. The highest BCUT2D eigenvalue weighted by Gasteiger charge is 2.35. The van der Waals surface area contributed by atoms with Gasteiger partial charge in [-0.1, -0.05) is 42.5 Å². The van der Waals surface area contributed by atoms with Gasteiger partial charge >= 0.3 is 0 Å². The van der Waals surface area contributed by atoms with E-state index in [1.807, 2.05) is 30.3 Å². The number of para-hydroxylation sites is 1. The molecule has 8 heteroatoms. The summed E-state index contributed by atoms with van der Waals surface area (Å²) in [6.45, 7) is 1.06. The number of nitrogens with one attached hydrogen (secondary N) is 1. The number of carbonyl (C=O) groups is 1. The van der Waals surface area contributed by atoms with E-state index in [2.05, 4.69) is 5.32 Å². The van der Waals surface area contributed by atoms with E-state index in [0.717, 1.165) is 35.0 Å². The molecule has 1 fully saturated rings. The standard InChI is InChI=1S/C21H25FN2O4S/c1-29(26,27)24(19-10-6-5-9-18(19)22)15-20(25)23-16-21(11-13-28-14-12-21)17-7-3-2-4-8-17/h2-10H,11-16H2,1H3,(H,23,25). The smallest absolute Gasteiger partial charge is 0.240 e.